The van der Waals surface area contributed by atoms with Crippen LogP contribution in [-0.2, 0) is 9.59 Å². The number of hydrogen-bond acceptors (Lipinski definition) is 4. The second-order valence-electron chi connectivity index (χ2n) is 3.76. The Morgan fingerprint density at radius 1 is 1.29 bits per heavy atom. The zero-order valence-electron chi connectivity index (χ0n) is 9.06. The molecule has 88 valence electrons. The molecular formula is C12H12N2O3. The van der Waals surface area contributed by atoms with E-state index in [0.29, 0.717) is 12.6 Å². The summed E-state index contributed by atoms with van der Waals surface area (Å²) < 4.78 is 1.47. The van der Waals surface area contributed by atoms with E-state index in [0.717, 1.165) is 10.9 Å². The lowest BCUT2D eigenvalue weighted by Gasteiger charge is -2.16. The molecule has 2 atom stereocenters. The zero-order valence-corrected chi connectivity index (χ0v) is 9.06. The van der Waals surface area contributed by atoms with E-state index in [2.05, 4.69) is 5.10 Å². The number of carbonyl (C=O) groups excluding carboxylic acids is 2. The summed E-state index contributed by atoms with van der Waals surface area (Å²) >= 11 is 0. The van der Waals surface area contributed by atoms with Crippen LogP contribution in [0.2, 0.25) is 0 Å². The SMILES string of the molecule is O=C[C@@H](CO)[C@H](C=O)n1ncc2ccccc21. The third kappa shape index (κ3) is 1.97. The topological polar surface area (TPSA) is 72.2 Å². The van der Waals surface area contributed by atoms with Crippen molar-refractivity contribution in [3.05, 3.63) is 30.5 Å². The number of hydrogen-bond donors (Lipinski definition) is 1. The van der Waals surface area contributed by atoms with Crippen LogP contribution in [-0.4, -0.2) is 34.1 Å². The number of rotatable bonds is 5. The van der Waals surface area contributed by atoms with Crippen molar-refractivity contribution < 1.29 is 14.7 Å². The van der Waals surface area contributed by atoms with Gasteiger partial charge in [0.15, 0.2) is 0 Å². The number of carbonyl (C=O) groups is 2. The van der Waals surface area contributed by atoms with Crippen molar-refractivity contribution in [1.82, 2.24) is 9.78 Å². The largest absolute Gasteiger partial charge is 0.396 e. The van der Waals surface area contributed by atoms with Gasteiger partial charge in [-0.3, -0.25) is 4.68 Å². The van der Waals surface area contributed by atoms with Crippen molar-refractivity contribution in [2.24, 2.45) is 5.92 Å². The summed E-state index contributed by atoms with van der Waals surface area (Å²) in [5.41, 5.74) is 0.768. The van der Waals surface area contributed by atoms with E-state index in [9.17, 15) is 9.59 Å². The molecule has 0 saturated carbocycles. The van der Waals surface area contributed by atoms with E-state index in [-0.39, 0.29) is 6.61 Å². The maximum Gasteiger partial charge on any atom is 0.145 e. The Morgan fingerprint density at radius 3 is 2.71 bits per heavy atom. The molecule has 0 aliphatic rings. The van der Waals surface area contributed by atoms with Crippen LogP contribution >= 0.6 is 0 Å². The maximum atomic E-state index is 11.1. The van der Waals surface area contributed by atoms with Crippen LogP contribution in [0, 0.1) is 5.92 Å². The molecule has 0 spiro atoms. The molecule has 0 aliphatic heterocycles. The number of aliphatic hydroxyl groups excluding tert-OH is 1. The third-order valence-electron chi connectivity index (χ3n) is 2.75. The highest BCUT2D eigenvalue weighted by molar-refractivity contribution is 5.80. The average molecular weight is 232 g/mol. The highest BCUT2D eigenvalue weighted by Crippen LogP contribution is 2.20. The molecule has 0 saturated heterocycles. The van der Waals surface area contributed by atoms with Gasteiger partial charge in [0.2, 0.25) is 0 Å². The van der Waals surface area contributed by atoms with Gasteiger partial charge < -0.3 is 14.7 Å². The summed E-state index contributed by atoms with van der Waals surface area (Å²) in [6, 6.07) is 6.62. The number of nitrogens with zero attached hydrogens (tertiary/aromatic N) is 2. The summed E-state index contributed by atoms with van der Waals surface area (Å²) in [5.74, 6) is -0.768. The standard InChI is InChI=1S/C12H12N2O3/c15-6-10(7-16)12(8-17)14-11-4-2-1-3-9(11)5-13-14/h1-6,8,10,12,16H,7H2/t10-,12-/m0/s1. The van der Waals surface area contributed by atoms with Crippen LogP contribution < -0.4 is 0 Å². The molecule has 0 aliphatic carbocycles. The van der Waals surface area contributed by atoms with Gasteiger partial charge in [0.1, 0.15) is 18.6 Å². The molecule has 1 aromatic heterocycles. The highest BCUT2D eigenvalue weighted by atomic mass is 16.3. The Bertz CT molecular complexity index is 535. The van der Waals surface area contributed by atoms with E-state index in [1.807, 2.05) is 24.3 Å². The van der Waals surface area contributed by atoms with E-state index >= 15 is 0 Å². The molecule has 0 fully saturated rings. The minimum Gasteiger partial charge on any atom is -0.396 e. The lowest BCUT2D eigenvalue weighted by molar-refractivity contribution is -0.120. The van der Waals surface area contributed by atoms with Gasteiger partial charge in [0.25, 0.3) is 0 Å². The number of aliphatic hydroxyl groups is 1. The zero-order chi connectivity index (χ0) is 12.3. The summed E-state index contributed by atoms with van der Waals surface area (Å²) in [6.07, 6.45) is 2.84. The van der Waals surface area contributed by atoms with Crippen molar-refractivity contribution in [2.75, 3.05) is 6.61 Å². The first kappa shape index (κ1) is 11.5. The molecule has 1 aromatic carbocycles. The van der Waals surface area contributed by atoms with Crippen LogP contribution in [0.15, 0.2) is 30.5 Å². The second kappa shape index (κ2) is 4.88. The van der Waals surface area contributed by atoms with E-state index in [1.165, 1.54) is 4.68 Å². The number of benzene rings is 1. The molecule has 17 heavy (non-hydrogen) atoms. The molecule has 2 rings (SSSR count). The lowest BCUT2D eigenvalue weighted by atomic mass is 10.0. The average Bonchev–Trinajstić information content (AvgIpc) is 2.79. The number of fused-ring (bicyclic) bond motifs is 1. The summed E-state index contributed by atoms with van der Waals surface area (Å²) in [5, 5.41) is 14.1. The minimum absolute atomic E-state index is 0.374. The van der Waals surface area contributed by atoms with E-state index in [1.54, 1.807) is 6.20 Å². The minimum atomic E-state index is -0.768. The van der Waals surface area contributed by atoms with Crippen molar-refractivity contribution in [2.45, 2.75) is 6.04 Å². The van der Waals surface area contributed by atoms with Crippen LogP contribution in [0.4, 0.5) is 0 Å². The molecule has 5 nitrogen and oxygen atoms in total. The molecule has 5 heteroatoms. The predicted octanol–water partition coefficient (Wildman–Crippen LogP) is 0.584. The molecular weight excluding hydrogens is 220 g/mol. The fourth-order valence-corrected chi connectivity index (χ4v) is 1.80. The fourth-order valence-electron chi connectivity index (χ4n) is 1.80. The molecule has 0 bridgehead atoms. The Labute approximate surface area is 97.7 Å². The summed E-state index contributed by atoms with van der Waals surface area (Å²) in [7, 11) is 0. The number of para-hydroxylation sites is 1. The van der Waals surface area contributed by atoms with Crippen molar-refractivity contribution in [3.63, 3.8) is 0 Å². The van der Waals surface area contributed by atoms with Gasteiger partial charge in [-0.15, -0.1) is 0 Å². The van der Waals surface area contributed by atoms with Crippen molar-refractivity contribution >= 4 is 23.5 Å². The molecule has 0 unspecified atom stereocenters. The van der Waals surface area contributed by atoms with Gasteiger partial charge in [0, 0.05) is 5.39 Å². The Hall–Kier alpha value is -2.01. The Kier molecular flexibility index (Phi) is 3.30. The van der Waals surface area contributed by atoms with Gasteiger partial charge in [-0.05, 0) is 6.07 Å². The normalized spacial score (nSPS) is 14.4. The van der Waals surface area contributed by atoms with Gasteiger partial charge in [-0.2, -0.15) is 5.10 Å². The molecule has 1 N–H and O–H groups in total. The monoisotopic (exact) mass is 232 g/mol. The Morgan fingerprint density at radius 2 is 2.06 bits per heavy atom. The number of aromatic nitrogens is 2. The van der Waals surface area contributed by atoms with Gasteiger partial charge >= 0.3 is 0 Å². The summed E-state index contributed by atoms with van der Waals surface area (Å²) in [4.78, 5) is 21.9. The quantitative estimate of drug-likeness (QED) is 0.765. The molecule has 2 aromatic rings. The van der Waals surface area contributed by atoms with Crippen LogP contribution in [0.25, 0.3) is 10.9 Å². The van der Waals surface area contributed by atoms with E-state index < -0.39 is 12.0 Å². The fraction of sp³-hybridized carbons (Fsp3) is 0.250. The summed E-state index contributed by atoms with van der Waals surface area (Å²) in [6.45, 7) is -0.374. The number of aldehydes is 2. The van der Waals surface area contributed by atoms with Crippen LogP contribution in [0.5, 0.6) is 0 Å². The van der Waals surface area contributed by atoms with Gasteiger partial charge in [-0.25, -0.2) is 0 Å². The van der Waals surface area contributed by atoms with Gasteiger partial charge in [0.05, 0.1) is 24.2 Å². The first-order valence-electron chi connectivity index (χ1n) is 5.25. The third-order valence-corrected chi connectivity index (χ3v) is 2.75. The first-order chi connectivity index (χ1) is 8.31. The van der Waals surface area contributed by atoms with Crippen LogP contribution in [0.3, 0.4) is 0 Å². The van der Waals surface area contributed by atoms with E-state index in [4.69, 9.17) is 5.11 Å². The van der Waals surface area contributed by atoms with Crippen molar-refractivity contribution in [3.8, 4) is 0 Å². The molecule has 0 radical (unpaired) electrons. The molecule has 0 amide bonds. The smallest absolute Gasteiger partial charge is 0.145 e. The lowest BCUT2D eigenvalue weighted by Crippen LogP contribution is -2.25. The Balaban J connectivity index is 2.50. The highest BCUT2D eigenvalue weighted by Gasteiger charge is 2.23. The van der Waals surface area contributed by atoms with Crippen molar-refractivity contribution in [1.29, 1.82) is 0 Å². The second-order valence-corrected chi connectivity index (χ2v) is 3.76. The first-order valence-corrected chi connectivity index (χ1v) is 5.25. The maximum absolute atomic E-state index is 11.1. The molecule has 1 heterocycles. The predicted molar refractivity (Wildman–Crippen MR) is 61.5 cm³/mol. The van der Waals surface area contributed by atoms with Gasteiger partial charge in [-0.1, -0.05) is 18.2 Å². The van der Waals surface area contributed by atoms with Crippen LogP contribution in [0.1, 0.15) is 6.04 Å².